The smallest absolute Gasteiger partial charge is 0.324 e. The zero-order valence-corrected chi connectivity index (χ0v) is 27.6. The number of carbonyl (C=O) groups is 2. The highest BCUT2D eigenvalue weighted by atomic mass is 35.5. The number of nitrogens with zero attached hydrogens (tertiary/aromatic N) is 2. The van der Waals surface area contributed by atoms with E-state index in [4.69, 9.17) is 27.9 Å². The summed E-state index contributed by atoms with van der Waals surface area (Å²) in [6.45, 7) is 4.48. The van der Waals surface area contributed by atoms with Crippen molar-refractivity contribution >= 4 is 40.9 Å². The number of morpholine rings is 1. The Morgan fingerprint density at radius 3 is 2.17 bits per heavy atom. The molecule has 240 valence electrons. The van der Waals surface area contributed by atoms with E-state index < -0.39 is 46.8 Å². The number of carbonyl (C=O) groups excluding carboxylic acids is 2. The molecule has 2 saturated heterocycles. The molecule has 47 heavy (non-hydrogen) atoms. The molecule has 4 aliphatic rings. The molecule has 4 aromatic rings. The van der Waals surface area contributed by atoms with Gasteiger partial charge in [-0.15, -0.1) is 0 Å². The van der Waals surface area contributed by atoms with Gasteiger partial charge in [0.2, 0.25) is 5.91 Å². The average Bonchev–Trinajstić information content (AvgIpc) is 3.50. The first-order chi connectivity index (χ1) is 22.6. The summed E-state index contributed by atoms with van der Waals surface area (Å²) in [6.07, 6.45) is 2.07. The monoisotopic (exact) mass is 669 g/mol. The standard InChI is InChI=1S/C38H34Cl2FN3O3/c1-36(2)18-20-37(21-19-36)38(25-16-17-27(40)42-33(25)43-35(38)46)28(24-14-9-15-26(39)29(24)41)31-34(45)47-32(23-12-7-4-8-13-23)30(44(31)37)22-10-5-3-6-11-22/h3-17,28,30-32H,18-21H2,1-2H3,(H,42,43,46)/t28-,30+,31+,32-,38-/m0/s1. The highest BCUT2D eigenvalue weighted by molar-refractivity contribution is 6.31. The predicted octanol–water partition coefficient (Wildman–Crippen LogP) is 8.56. The van der Waals surface area contributed by atoms with E-state index in [0.29, 0.717) is 24.2 Å². The quantitative estimate of drug-likeness (QED) is 0.175. The summed E-state index contributed by atoms with van der Waals surface area (Å²) >= 11 is 12.9. The van der Waals surface area contributed by atoms with Gasteiger partial charge < -0.3 is 10.1 Å². The Bertz CT molecular complexity index is 1900. The number of pyridine rings is 1. The number of esters is 1. The molecular formula is C38H34Cl2FN3O3. The van der Waals surface area contributed by atoms with Gasteiger partial charge in [0.15, 0.2) is 0 Å². The Hall–Kier alpha value is -3.78. The number of aromatic nitrogens is 1. The van der Waals surface area contributed by atoms with Crippen molar-refractivity contribution < 1.29 is 18.7 Å². The molecule has 1 aliphatic carbocycles. The fourth-order valence-corrected chi connectivity index (χ4v) is 9.56. The van der Waals surface area contributed by atoms with Crippen LogP contribution >= 0.6 is 23.2 Å². The minimum absolute atomic E-state index is 0.00510. The Kier molecular flexibility index (Phi) is 7.07. The number of ether oxygens (including phenoxy) is 1. The number of nitrogens with one attached hydrogen (secondary N) is 1. The molecule has 1 aromatic heterocycles. The first kappa shape index (κ1) is 30.5. The predicted molar refractivity (Wildman–Crippen MR) is 179 cm³/mol. The van der Waals surface area contributed by atoms with E-state index in [9.17, 15) is 4.79 Å². The van der Waals surface area contributed by atoms with Crippen molar-refractivity contribution in [1.29, 1.82) is 0 Å². The molecule has 9 heteroatoms. The van der Waals surface area contributed by atoms with Gasteiger partial charge >= 0.3 is 5.97 Å². The third kappa shape index (κ3) is 4.29. The summed E-state index contributed by atoms with van der Waals surface area (Å²) < 4.78 is 23.0. The van der Waals surface area contributed by atoms with Gasteiger partial charge in [-0.3, -0.25) is 14.5 Å². The van der Waals surface area contributed by atoms with Crippen molar-refractivity contribution in [3.63, 3.8) is 0 Å². The van der Waals surface area contributed by atoms with Crippen LogP contribution in [-0.2, 0) is 19.7 Å². The number of cyclic esters (lactones) is 1. The number of fused-ring (bicyclic) bond motifs is 5. The Labute approximate surface area is 283 Å². The zero-order chi connectivity index (χ0) is 32.7. The first-order valence-corrected chi connectivity index (χ1v) is 16.9. The lowest BCUT2D eigenvalue weighted by atomic mass is 9.53. The molecule has 0 bridgehead atoms. The molecule has 8 rings (SSSR count). The number of halogens is 3. The minimum Gasteiger partial charge on any atom is -0.454 e. The Balaban J connectivity index is 1.49. The molecule has 1 N–H and O–H groups in total. The number of anilines is 1. The van der Waals surface area contributed by atoms with E-state index in [2.05, 4.69) is 29.0 Å². The maximum absolute atomic E-state index is 16.5. The van der Waals surface area contributed by atoms with Gasteiger partial charge in [0.25, 0.3) is 0 Å². The third-order valence-corrected chi connectivity index (χ3v) is 11.8. The first-order valence-electron chi connectivity index (χ1n) is 16.1. The van der Waals surface area contributed by atoms with Gasteiger partial charge in [-0.25, -0.2) is 9.37 Å². The van der Waals surface area contributed by atoms with Crippen LogP contribution in [0, 0.1) is 11.2 Å². The summed E-state index contributed by atoms with van der Waals surface area (Å²) in [5.74, 6) is -2.12. The molecule has 0 radical (unpaired) electrons. The van der Waals surface area contributed by atoms with Gasteiger partial charge in [-0.1, -0.05) is 116 Å². The van der Waals surface area contributed by atoms with Crippen LogP contribution in [0.2, 0.25) is 10.2 Å². The van der Waals surface area contributed by atoms with E-state index in [1.807, 2.05) is 66.7 Å². The molecule has 6 nitrogen and oxygen atoms in total. The lowest BCUT2D eigenvalue weighted by Gasteiger charge is -2.57. The molecular weight excluding hydrogens is 636 g/mol. The molecule has 1 saturated carbocycles. The van der Waals surface area contributed by atoms with Crippen molar-refractivity contribution in [2.75, 3.05) is 5.32 Å². The number of amides is 1. The molecule has 5 atom stereocenters. The molecule has 2 spiro atoms. The van der Waals surface area contributed by atoms with E-state index >= 15 is 9.18 Å². The van der Waals surface area contributed by atoms with Crippen LogP contribution in [0.4, 0.5) is 10.2 Å². The molecule has 3 aliphatic heterocycles. The second-order valence-electron chi connectivity index (χ2n) is 14.1. The van der Waals surface area contributed by atoms with Crippen LogP contribution in [0.1, 0.15) is 79.8 Å². The summed E-state index contributed by atoms with van der Waals surface area (Å²) in [4.78, 5) is 36.7. The molecule has 3 aromatic carbocycles. The van der Waals surface area contributed by atoms with Gasteiger partial charge in [0, 0.05) is 17.0 Å². The SMILES string of the molecule is CC1(C)CCC2(CC1)N1[C@H](c3ccccc3)[C@H](c3ccccc3)OC(=O)[C@H]1[C@H](c1cccc(Cl)c1F)[C@@]21C(=O)Nc2nc(Cl)ccc21. The van der Waals surface area contributed by atoms with Crippen LogP contribution in [0.5, 0.6) is 0 Å². The highest BCUT2D eigenvalue weighted by Gasteiger charge is 2.79. The van der Waals surface area contributed by atoms with Crippen molar-refractivity contribution in [2.45, 2.75) is 74.6 Å². The van der Waals surface area contributed by atoms with Crippen molar-refractivity contribution in [3.05, 3.63) is 129 Å². The topological polar surface area (TPSA) is 71.5 Å². The summed E-state index contributed by atoms with van der Waals surface area (Å²) in [5.41, 5.74) is 0.230. The normalized spacial score (nSPS) is 29.0. The maximum atomic E-state index is 16.5. The number of hydrogen-bond acceptors (Lipinski definition) is 5. The lowest BCUT2D eigenvalue weighted by molar-refractivity contribution is -0.184. The van der Waals surface area contributed by atoms with Gasteiger partial charge in [-0.05, 0) is 59.9 Å². The fraction of sp³-hybridized carbons (Fsp3) is 0.342. The maximum Gasteiger partial charge on any atom is 0.324 e. The van der Waals surface area contributed by atoms with Crippen LogP contribution in [0.3, 0.4) is 0 Å². The molecule has 3 fully saturated rings. The minimum atomic E-state index is -1.43. The van der Waals surface area contributed by atoms with Crippen LogP contribution in [0.15, 0.2) is 91.0 Å². The Morgan fingerprint density at radius 2 is 1.49 bits per heavy atom. The van der Waals surface area contributed by atoms with Gasteiger partial charge in [0.1, 0.15) is 34.3 Å². The number of hydrogen-bond donors (Lipinski definition) is 1. The number of benzene rings is 3. The second kappa shape index (κ2) is 10.9. The summed E-state index contributed by atoms with van der Waals surface area (Å²) in [5, 5.41) is 3.20. The summed E-state index contributed by atoms with van der Waals surface area (Å²) in [6, 6.07) is 26.5. The molecule has 1 amide bonds. The average molecular weight is 671 g/mol. The van der Waals surface area contributed by atoms with Gasteiger partial charge in [0.05, 0.1) is 11.1 Å². The van der Waals surface area contributed by atoms with E-state index in [0.717, 1.165) is 24.0 Å². The third-order valence-electron chi connectivity index (χ3n) is 11.3. The van der Waals surface area contributed by atoms with E-state index in [1.54, 1.807) is 18.2 Å². The van der Waals surface area contributed by atoms with Gasteiger partial charge in [-0.2, -0.15) is 0 Å². The van der Waals surface area contributed by atoms with Crippen LogP contribution in [-0.4, -0.2) is 33.3 Å². The van der Waals surface area contributed by atoms with Crippen molar-refractivity contribution in [3.8, 4) is 0 Å². The fourth-order valence-electron chi connectivity index (χ4n) is 9.23. The van der Waals surface area contributed by atoms with Crippen LogP contribution in [0.25, 0.3) is 0 Å². The highest BCUT2D eigenvalue weighted by Crippen LogP contribution is 2.70. The van der Waals surface area contributed by atoms with Crippen molar-refractivity contribution in [1.82, 2.24) is 9.88 Å². The van der Waals surface area contributed by atoms with Crippen molar-refractivity contribution in [2.24, 2.45) is 5.41 Å². The molecule has 4 heterocycles. The Morgan fingerprint density at radius 1 is 0.830 bits per heavy atom. The summed E-state index contributed by atoms with van der Waals surface area (Å²) in [7, 11) is 0. The van der Waals surface area contributed by atoms with E-state index in [-0.39, 0.29) is 27.1 Å². The van der Waals surface area contributed by atoms with Crippen LogP contribution < -0.4 is 5.32 Å². The lowest BCUT2D eigenvalue weighted by Crippen LogP contribution is -2.64. The largest absolute Gasteiger partial charge is 0.454 e. The number of rotatable bonds is 3. The van der Waals surface area contributed by atoms with E-state index in [1.165, 1.54) is 6.07 Å². The second-order valence-corrected chi connectivity index (χ2v) is 14.9. The zero-order valence-electron chi connectivity index (χ0n) is 26.1. The molecule has 0 unspecified atom stereocenters.